The van der Waals surface area contributed by atoms with E-state index in [4.69, 9.17) is 14.5 Å². The molecule has 1 aromatic heterocycles. The smallest absolute Gasteiger partial charge is 0.201 e. The van der Waals surface area contributed by atoms with Gasteiger partial charge in [-0.1, -0.05) is 38.7 Å². The minimum atomic E-state index is 0.267. The molecule has 162 valence electrons. The maximum absolute atomic E-state index is 11.3. The van der Waals surface area contributed by atoms with E-state index in [-0.39, 0.29) is 6.04 Å². The summed E-state index contributed by atoms with van der Waals surface area (Å²) in [5, 5.41) is 12.5. The maximum atomic E-state index is 11.3. The van der Waals surface area contributed by atoms with E-state index in [1.165, 1.54) is 31.2 Å². The van der Waals surface area contributed by atoms with Crippen molar-refractivity contribution >= 4 is 16.6 Å². The molecule has 2 aromatic rings. The van der Waals surface area contributed by atoms with Crippen LogP contribution in [0.15, 0.2) is 23.2 Å². The Morgan fingerprint density at radius 1 is 1.10 bits per heavy atom. The molecule has 1 N–H and O–H groups in total. The molecule has 0 amide bonds. The summed E-state index contributed by atoms with van der Waals surface area (Å²) in [7, 11) is 0. The van der Waals surface area contributed by atoms with Gasteiger partial charge >= 0.3 is 0 Å². The van der Waals surface area contributed by atoms with Gasteiger partial charge in [-0.15, -0.1) is 0 Å². The van der Waals surface area contributed by atoms with Crippen molar-refractivity contribution in [2.45, 2.75) is 57.9 Å². The number of hydrogen-bond donors (Lipinski definition) is 1. The monoisotopic (exact) mass is 410 g/mol. The zero-order valence-corrected chi connectivity index (χ0v) is 18.1. The fraction of sp³-hybridized carbons (Fsp3) is 0.640. The Hall–Kier alpha value is -1.85. The van der Waals surface area contributed by atoms with E-state index in [2.05, 4.69) is 29.7 Å². The van der Waals surface area contributed by atoms with Gasteiger partial charge in [0.05, 0.1) is 36.6 Å². The van der Waals surface area contributed by atoms with Crippen LogP contribution < -0.4 is 0 Å². The summed E-state index contributed by atoms with van der Waals surface area (Å²) in [4.78, 5) is 4.72. The summed E-state index contributed by atoms with van der Waals surface area (Å²) < 4.78 is 13.4. The molecule has 0 spiro atoms. The number of aliphatic imine (C=N–C) groups is 1. The third-order valence-corrected chi connectivity index (χ3v) is 7.43. The topological polar surface area (TPSA) is 56.0 Å². The average molecular weight is 411 g/mol. The number of hydrogen-bond acceptors (Lipinski definition) is 4. The lowest BCUT2D eigenvalue weighted by Crippen LogP contribution is -2.20. The minimum Gasteiger partial charge on any atom is -0.494 e. The van der Waals surface area contributed by atoms with Gasteiger partial charge in [0.2, 0.25) is 5.88 Å². The first-order chi connectivity index (χ1) is 14.7. The second kappa shape index (κ2) is 8.72. The third-order valence-electron chi connectivity index (χ3n) is 7.43. The molecule has 1 unspecified atom stereocenters. The summed E-state index contributed by atoms with van der Waals surface area (Å²) in [6.07, 6.45) is 8.50. The quantitative estimate of drug-likeness (QED) is 0.764. The highest BCUT2D eigenvalue weighted by Crippen LogP contribution is 2.39. The fourth-order valence-electron chi connectivity index (χ4n) is 5.75. The second-order valence-electron chi connectivity index (χ2n) is 9.37. The molecule has 2 fully saturated rings. The Morgan fingerprint density at radius 2 is 1.90 bits per heavy atom. The Morgan fingerprint density at radius 3 is 2.63 bits per heavy atom. The average Bonchev–Trinajstić information content (AvgIpc) is 3.41. The van der Waals surface area contributed by atoms with Crippen molar-refractivity contribution in [1.82, 2.24) is 4.57 Å². The molecule has 30 heavy (non-hydrogen) atoms. The summed E-state index contributed by atoms with van der Waals surface area (Å²) in [6, 6.07) is 7.06. The van der Waals surface area contributed by atoms with Crippen LogP contribution in [-0.2, 0) is 15.9 Å². The second-order valence-corrected chi connectivity index (χ2v) is 9.37. The van der Waals surface area contributed by atoms with Gasteiger partial charge < -0.3 is 19.1 Å². The predicted octanol–water partition coefficient (Wildman–Crippen LogP) is 4.89. The number of rotatable bonds is 5. The van der Waals surface area contributed by atoms with Gasteiger partial charge in [0.15, 0.2) is 0 Å². The molecule has 3 aliphatic rings. The lowest BCUT2D eigenvalue weighted by Gasteiger charge is -2.25. The first-order valence-electron chi connectivity index (χ1n) is 11.8. The van der Waals surface area contributed by atoms with E-state index in [1.54, 1.807) is 0 Å². The van der Waals surface area contributed by atoms with Crippen LogP contribution in [0.1, 0.15) is 62.6 Å². The highest BCUT2D eigenvalue weighted by atomic mass is 16.5. The van der Waals surface area contributed by atoms with Crippen LogP contribution in [0.5, 0.6) is 5.88 Å². The van der Waals surface area contributed by atoms with Crippen LogP contribution in [0.2, 0.25) is 0 Å². The zero-order valence-electron chi connectivity index (χ0n) is 18.1. The highest BCUT2D eigenvalue weighted by molar-refractivity contribution is 6.14. The summed E-state index contributed by atoms with van der Waals surface area (Å²) >= 11 is 0. The summed E-state index contributed by atoms with van der Waals surface area (Å²) in [5.74, 6) is 1.91. The molecule has 3 heterocycles. The molecule has 1 atom stereocenters. The van der Waals surface area contributed by atoms with Gasteiger partial charge in [-0.05, 0) is 48.8 Å². The highest BCUT2D eigenvalue weighted by Gasteiger charge is 2.28. The molecule has 5 heteroatoms. The van der Waals surface area contributed by atoms with Gasteiger partial charge in [0.25, 0.3) is 0 Å². The van der Waals surface area contributed by atoms with Gasteiger partial charge in [0, 0.05) is 24.6 Å². The van der Waals surface area contributed by atoms with Gasteiger partial charge in [-0.3, -0.25) is 4.99 Å². The van der Waals surface area contributed by atoms with Crippen LogP contribution in [0.4, 0.5) is 0 Å². The van der Waals surface area contributed by atoms with Crippen LogP contribution in [0.25, 0.3) is 10.9 Å². The molecule has 5 rings (SSSR count). The minimum absolute atomic E-state index is 0.267. The molecular weight excluding hydrogens is 376 g/mol. The van der Waals surface area contributed by atoms with Gasteiger partial charge in [-0.25, -0.2) is 0 Å². The molecule has 1 aliphatic carbocycles. The van der Waals surface area contributed by atoms with Crippen LogP contribution in [0, 0.1) is 11.8 Å². The van der Waals surface area contributed by atoms with Gasteiger partial charge in [-0.2, -0.15) is 0 Å². The van der Waals surface area contributed by atoms with Crippen molar-refractivity contribution in [3.63, 3.8) is 0 Å². The van der Waals surface area contributed by atoms with Crippen molar-refractivity contribution < 1.29 is 14.6 Å². The van der Waals surface area contributed by atoms with Crippen LogP contribution >= 0.6 is 0 Å². The zero-order chi connectivity index (χ0) is 20.5. The van der Waals surface area contributed by atoms with Crippen molar-refractivity contribution in [1.29, 1.82) is 0 Å². The summed E-state index contributed by atoms with van der Waals surface area (Å²) in [5.41, 5.74) is 4.24. The first-order valence-corrected chi connectivity index (χ1v) is 11.8. The van der Waals surface area contributed by atoms with E-state index in [9.17, 15) is 5.11 Å². The number of aromatic nitrogens is 1. The molecular formula is C25H34N2O3. The molecule has 5 nitrogen and oxygen atoms in total. The molecule has 1 aromatic carbocycles. The largest absolute Gasteiger partial charge is 0.494 e. The van der Waals surface area contributed by atoms with Crippen molar-refractivity contribution in [2.75, 3.05) is 33.0 Å². The maximum Gasteiger partial charge on any atom is 0.201 e. The lowest BCUT2D eigenvalue weighted by atomic mass is 9.87. The van der Waals surface area contributed by atoms with E-state index >= 15 is 0 Å². The number of nitrogens with zero attached hydrogens (tertiary/aromatic N) is 2. The first kappa shape index (κ1) is 20.1. The standard InChI is InChI=1S/C25H34N2O3/c1-17(19-4-2-3-5-19)14-18-6-7-23-21(15-18)24(22-16-30-13-10-26-22)25(28)27(23)20-8-11-29-12-9-20/h6-7,15,17,19-20,28H,2-5,8-14,16H2,1H3. The Bertz CT molecular complexity index is 920. The van der Waals surface area contributed by atoms with Crippen LogP contribution in [-0.4, -0.2) is 48.4 Å². The normalized spacial score (nSPS) is 22.5. The van der Waals surface area contributed by atoms with Crippen molar-refractivity contribution in [3.8, 4) is 5.88 Å². The van der Waals surface area contributed by atoms with E-state index < -0.39 is 0 Å². The van der Waals surface area contributed by atoms with Gasteiger partial charge in [0.1, 0.15) is 0 Å². The Labute approximate surface area is 179 Å². The van der Waals surface area contributed by atoms with Crippen molar-refractivity contribution in [2.24, 2.45) is 16.8 Å². The Kier molecular flexibility index (Phi) is 5.83. The number of ether oxygens (including phenoxy) is 2. The molecule has 2 aliphatic heterocycles. The fourth-order valence-corrected chi connectivity index (χ4v) is 5.75. The van der Waals surface area contributed by atoms with E-state index in [0.29, 0.717) is 31.6 Å². The third kappa shape index (κ3) is 3.78. The SMILES string of the molecule is CC(Cc1ccc2c(c1)c(C1=NCCOC1)c(O)n2C1CCOCC1)C1CCCC1. The van der Waals surface area contributed by atoms with E-state index in [1.807, 2.05) is 0 Å². The predicted molar refractivity (Wildman–Crippen MR) is 120 cm³/mol. The number of benzene rings is 1. The number of fused-ring (bicyclic) bond motifs is 1. The van der Waals surface area contributed by atoms with E-state index in [0.717, 1.165) is 60.6 Å². The summed E-state index contributed by atoms with van der Waals surface area (Å²) in [6.45, 7) is 5.71. The molecule has 1 saturated heterocycles. The number of aromatic hydroxyl groups is 1. The molecule has 0 radical (unpaired) electrons. The van der Waals surface area contributed by atoms with Crippen molar-refractivity contribution in [3.05, 3.63) is 29.3 Å². The molecule has 1 saturated carbocycles. The lowest BCUT2D eigenvalue weighted by molar-refractivity contribution is 0.0688. The Balaban J connectivity index is 1.55. The van der Waals surface area contributed by atoms with Crippen LogP contribution in [0.3, 0.4) is 0 Å². The molecule has 0 bridgehead atoms.